The van der Waals surface area contributed by atoms with Crippen LogP contribution in [-0.4, -0.2) is 22.5 Å². The molecule has 0 aromatic carbocycles. The smallest absolute Gasteiger partial charge is 0.165 e. The zero-order valence-corrected chi connectivity index (χ0v) is 14.0. The maximum atomic E-state index is 9.83. The molecular formula is C18H37NO2. The van der Waals surface area contributed by atoms with Gasteiger partial charge in [-0.05, 0) is 32.2 Å². The average molecular weight is 299 g/mol. The summed E-state index contributed by atoms with van der Waals surface area (Å²) < 4.78 is 0. The standard InChI is InChI=1S/C18H37NO2/c1-2-3-4-12-15-18(20,21)16-13-10-8-6-5-7-9-11-14-17-19/h10,13,20-21H,2-9,11-12,14-17,19H2,1H3/b13-10+. The minimum Gasteiger partial charge on any atom is -0.365 e. The van der Waals surface area contributed by atoms with Crippen molar-refractivity contribution in [2.45, 2.75) is 96.2 Å². The molecule has 0 aliphatic heterocycles. The lowest BCUT2D eigenvalue weighted by molar-refractivity contribution is -0.163. The Bertz CT molecular complexity index is 239. The molecule has 0 aromatic heterocycles. The summed E-state index contributed by atoms with van der Waals surface area (Å²) in [6, 6.07) is 0. The van der Waals surface area contributed by atoms with Crippen LogP contribution < -0.4 is 5.73 Å². The van der Waals surface area contributed by atoms with Gasteiger partial charge in [0, 0.05) is 12.8 Å². The molecule has 21 heavy (non-hydrogen) atoms. The Balaban J connectivity index is 3.43. The lowest BCUT2D eigenvalue weighted by Gasteiger charge is -2.19. The predicted octanol–water partition coefficient (Wildman–Crippen LogP) is 4.27. The van der Waals surface area contributed by atoms with E-state index >= 15 is 0 Å². The molecule has 0 aliphatic carbocycles. The van der Waals surface area contributed by atoms with Gasteiger partial charge >= 0.3 is 0 Å². The molecule has 0 aromatic rings. The number of unbranched alkanes of at least 4 members (excludes halogenated alkanes) is 9. The second-order valence-electron chi connectivity index (χ2n) is 6.17. The Morgan fingerprint density at radius 1 is 0.810 bits per heavy atom. The second kappa shape index (κ2) is 14.6. The van der Waals surface area contributed by atoms with Gasteiger partial charge in [0.1, 0.15) is 0 Å². The number of allylic oxidation sites excluding steroid dienone is 1. The van der Waals surface area contributed by atoms with Crippen LogP contribution >= 0.6 is 0 Å². The highest BCUT2D eigenvalue weighted by Crippen LogP contribution is 2.17. The maximum Gasteiger partial charge on any atom is 0.165 e. The molecule has 3 heteroatoms. The van der Waals surface area contributed by atoms with E-state index in [1.54, 1.807) is 0 Å². The fraction of sp³-hybridized carbons (Fsp3) is 0.889. The largest absolute Gasteiger partial charge is 0.365 e. The average Bonchev–Trinajstić information content (AvgIpc) is 2.45. The van der Waals surface area contributed by atoms with Gasteiger partial charge in [0.15, 0.2) is 5.79 Å². The Labute approximate surface area is 131 Å². The summed E-state index contributed by atoms with van der Waals surface area (Å²) in [5.74, 6) is -1.51. The second-order valence-corrected chi connectivity index (χ2v) is 6.17. The van der Waals surface area contributed by atoms with Crippen molar-refractivity contribution >= 4 is 0 Å². The van der Waals surface area contributed by atoms with Crippen molar-refractivity contribution in [3.05, 3.63) is 12.2 Å². The first-order valence-electron chi connectivity index (χ1n) is 8.92. The molecule has 0 radical (unpaired) electrons. The maximum absolute atomic E-state index is 9.83. The van der Waals surface area contributed by atoms with Crippen LogP contribution in [0.4, 0.5) is 0 Å². The van der Waals surface area contributed by atoms with Crippen molar-refractivity contribution in [2.75, 3.05) is 6.54 Å². The van der Waals surface area contributed by atoms with Crippen LogP contribution in [0.2, 0.25) is 0 Å². The Hall–Kier alpha value is -0.380. The summed E-state index contributed by atoms with van der Waals surface area (Å²) in [6.45, 7) is 2.97. The Morgan fingerprint density at radius 2 is 1.43 bits per heavy atom. The zero-order valence-electron chi connectivity index (χ0n) is 14.0. The minimum absolute atomic E-state index is 0.357. The van der Waals surface area contributed by atoms with Crippen LogP contribution in [0.3, 0.4) is 0 Å². The van der Waals surface area contributed by atoms with Crippen molar-refractivity contribution in [2.24, 2.45) is 5.73 Å². The fourth-order valence-electron chi connectivity index (χ4n) is 2.44. The molecule has 0 fully saturated rings. The molecule has 0 rings (SSSR count). The molecule has 0 atom stereocenters. The first kappa shape index (κ1) is 20.6. The SMILES string of the molecule is CCCCCCC(O)(O)C/C=C/CCCCCCCCN. The Morgan fingerprint density at radius 3 is 2.10 bits per heavy atom. The molecule has 0 saturated carbocycles. The highest BCUT2D eigenvalue weighted by molar-refractivity contribution is 4.86. The van der Waals surface area contributed by atoms with Crippen molar-refractivity contribution in [1.29, 1.82) is 0 Å². The van der Waals surface area contributed by atoms with Crippen molar-refractivity contribution in [3.8, 4) is 0 Å². The summed E-state index contributed by atoms with van der Waals surface area (Å²) in [4.78, 5) is 0. The van der Waals surface area contributed by atoms with Gasteiger partial charge in [0.05, 0.1) is 0 Å². The summed E-state index contributed by atoms with van der Waals surface area (Å²) in [7, 11) is 0. The van der Waals surface area contributed by atoms with Gasteiger partial charge in [-0.25, -0.2) is 0 Å². The van der Waals surface area contributed by atoms with E-state index in [2.05, 4.69) is 13.0 Å². The topological polar surface area (TPSA) is 66.5 Å². The molecule has 0 bridgehead atoms. The molecule has 0 unspecified atom stereocenters. The lowest BCUT2D eigenvalue weighted by Crippen LogP contribution is -2.26. The monoisotopic (exact) mass is 299 g/mol. The van der Waals surface area contributed by atoms with Gasteiger partial charge in [-0.1, -0.05) is 64.0 Å². The third-order valence-electron chi connectivity index (χ3n) is 3.87. The Kier molecular flexibility index (Phi) is 14.3. The third-order valence-corrected chi connectivity index (χ3v) is 3.87. The van der Waals surface area contributed by atoms with Crippen LogP contribution in [-0.2, 0) is 0 Å². The highest BCUT2D eigenvalue weighted by Gasteiger charge is 2.19. The summed E-state index contributed by atoms with van der Waals surface area (Å²) in [5, 5.41) is 19.7. The molecule has 0 amide bonds. The van der Waals surface area contributed by atoms with Gasteiger partial charge in [0.25, 0.3) is 0 Å². The molecule has 0 spiro atoms. The van der Waals surface area contributed by atoms with Crippen LogP contribution in [0.25, 0.3) is 0 Å². The van der Waals surface area contributed by atoms with Gasteiger partial charge in [0.2, 0.25) is 0 Å². The van der Waals surface area contributed by atoms with Gasteiger partial charge in [-0.15, -0.1) is 0 Å². The van der Waals surface area contributed by atoms with Crippen LogP contribution in [0, 0.1) is 0 Å². The minimum atomic E-state index is -1.51. The van der Waals surface area contributed by atoms with Gasteiger partial charge < -0.3 is 15.9 Å². The number of hydrogen-bond donors (Lipinski definition) is 3. The van der Waals surface area contributed by atoms with E-state index in [9.17, 15) is 10.2 Å². The quantitative estimate of drug-likeness (QED) is 0.240. The fourth-order valence-corrected chi connectivity index (χ4v) is 2.44. The van der Waals surface area contributed by atoms with Crippen molar-refractivity contribution in [1.82, 2.24) is 0 Å². The van der Waals surface area contributed by atoms with E-state index in [-0.39, 0.29) is 0 Å². The molecule has 126 valence electrons. The van der Waals surface area contributed by atoms with Crippen molar-refractivity contribution < 1.29 is 10.2 Å². The van der Waals surface area contributed by atoms with Crippen LogP contribution in [0.5, 0.6) is 0 Å². The number of aliphatic hydroxyl groups is 2. The molecule has 0 heterocycles. The summed E-state index contributed by atoms with van der Waals surface area (Å²) >= 11 is 0. The predicted molar refractivity (Wildman–Crippen MR) is 91.1 cm³/mol. The lowest BCUT2D eigenvalue weighted by atomic mass is 10.0. The first-order chi connectivity index (χ1) is 10.1. The molecular weight excluding hydrogens is 262 g/mol. The van der Waals surface area contributed by atoms with Gasteiger partial charge in [-0.2, -0.15) is 0 Å². The molecule has 0 saturated heterocycles. The summed E-state index contributed by atoms with van der Waals surface area (Å²) in [6.07, 6.45) is 17.7. The van der Waals surface area contributed by atoms with E-state index in [0.717, 1.165) is 32.2 Å². The first-order valence-corrected chi connectivity index (χ1v) is 8.92. The highest BCUT2D eigenvalue weighted by atomic mass is 16.5. The van der Waals surface area contributed by atoms with E-state index in [1.165, 1.54) is 44.9 Å². The number of rotatable bonds is 15. The van der Waals surface area contributed by atoms with E-state index in [1.807, 2.05) is 6.08 Å². The molecule has 0 aliphatic rings. The number of nitrogens with two attached hydrogens (primary N) is 1. The zero-order chi connectivity index (χ0) is 15.8. The van der Waals surface area contributed by atoms with E-state index in [4.69, 9.17) is 5.73 Å². The normalized spacial score (nSPS) is 12.4. The van der Waals surface area contributed by atoms with E-state index in [0.29, 0.717) is 12.8 Å². The number of hydrogen-bond acceptors (Lipinski definition) is 3. The summed E-state index contributed by atoms with van der Waals surface area (Å²) in [5.41, 5.74) is 5.45. The van der Waals surface area contributed by atoms with Crippen LogP contribution in [0.15, 0.2) is 12.2 Å². The van der Waals surface area contributed by atoms with E-state index < -0.39 is 5.79 Å². The van der Waals surface area contributed by atoms with Crippen molar-refractivity contribution in [3.63, 3.8) is 0 Å². The molecule has 4 N–H and O–H groups in total. The third kappa shape index (κ3) is 15.8. The molecule has 3 nitrogen and oxygen atoms in total. The van der Waals surface area contributed by atoms with Gasteiger partial charge in [-0.3, -0.25) is 0 Å². The van der Waals surface area contributed by atoms with Crippen LogP contribution in [0.1, 0.15) is 90.4 Å².